The van der Waals surface area contributed by atoms with Gasteiger partial charge in [-0.05, 0) is 46.1 Å². The zero-order valence-electron chi connectivity index (χ0n) is 12.5. The Labute approximate surface area is 112 Å². The molecule has 0 heterocycles. The third-order valence-corrected chi connectivity index (χ3v) is 3.57. The highest BCUT2D eigenvalue weighted by Gasteiger charge is 2.21. The number of carbonyl (C=O) groups is 1. The van der Waals surface area contributed by atoms with Gasteiger partial charge in [-0.1, -0.05) is 20.3 Å². The number of amides is 1. The largest absolute Gasteiger partial charge is 0.396 e. The average molecular weight is 258 g/mol. The predicted octanol–water partition coefficient (Wildman–Crippen LogP) is 1.68. The molecular weight excluding hydrogens is 228 g/mol. The Hall–Kier alpha value is -0.610. The second-order valence-electron chi connectivity index (χ2n) is 5.64. The summed E-state index contributed by atoms with van der Waals surface area (Å²) in [6.07, 6.45) is 2.72. The number of hydrogen-bond acceptors (Lipinski definition) is 3. The molecular formula is C14H30N2O2. The van der Waals surface area contributed by atoms with Gasteiger partial charge >= 0.3 is 0 Å². The highest BCUT2D eigenvalue weighted by Crippen LogP contribution is 2.08. The molecule has 0 aromatic heterocycles. The average Bonchev–Trinajstić information content (AvgIpc) is 2.33. The third kappa shape index (κ3) is 6.97. The van der Waals surface area contributed by atoms with E-state index >= 15 is 0 Å². The van der Waals surface area contributed by atoms with Crippen molar-refractivity contribution < 1.29 is 9.90 Å². The smallest absolute Gasteiger partial charge is 0.237 e. The summed E-state index contributed by atoms with van der Waals surface area (Å²) in [6, 6.07) is -0.191. The van der Waals surface area contributed by atoms with Gasteiger partial charge in [-0.25, -0.2) is 0 Å². The molecule has 108 valence electrons. The van der Waals surface area contributed by atoms with Gasteiger partial charge in [-0.2, -0.15) is 0 Å². The van der Waals surface area contributed by atoms with E-state index in [1.54, 1.807) is 0 Å². The van der Waals surface area contributed by atoms with E-state index in [9.17, 15) is 4.79 Å². The van der Waals surface area contributed by atoms with Crippen LogP contribution in [-0.4, -0.2) is 35.7 Å². The molecule has 0 aliphatic rings. The number of carbonyl (C=O) groups excluding carboxylic acids is 1. The van der Waals surface area contributed by atoms with Crippen molar-refractivity contribution in [1.29, 1.82) is 0 Å². The molecule has 3 N–H and O–H groups in total. The Balaban J connectivity index is 4.08. The van der Waals surface area contributed by atoms with Crippen molar-refractivity contribution in [1.82, 2.24) is 10.6 Å². The molecule has 4 nitrogen and oxygen atoms in total. The van der Waals surface area contributed by atoms with E-state index in [0.717, 1.165) is 25.8 Å². The van der Waals surface area contributed by atoms with Crippen LogP contribution in [0.2, 0.25) is 0 Å². The van der Waals surface area contributed by atoms with Crippen molar-refractivity contribution >= 4 is 5.91 Å². The van der Waals surface area contributed by atoms with E-state index in [1.165, 1.54) is 0 Å². The van der Waals surface area contributed by atoms with E-state index in [1.807, 2.05) is 20.8 Å². The van der Waals surface area contributed by atoms with E-state index in [-0.39, 0.29) is 24.1 Å². The molecule has 0 aromatic rings. The normalized spacial score (nSPS) is 15.2. The summed E-state index contributed by atoms with van der Waals surface area (Å²) in [5.41, 5.74) is -0.151. The monoisotopic (exact) mass is 258 g/mol. The summed E-state index contributed by atoms with van der Waals surface area (Å²) < 4.78 is 0. The Bertz CT molecular complexity index is 242. The molecule has 2 unspecified atom stereocenters. The third-order valence-electron chi connectivity index (χ3n) is 3.57. The summed E-state index contributed by atoms with van der Waals surface area (Å²) in [4.78, 5) is 12.0. The lowest BCUT2D eigenvalue weighted by Gasteiger charge is -2.27. The molecule has 0 bridgehead atoms. The number of nitrogens with one attached hydrogen (secondary N) is 2. The van der Waals surface area contributed by atoms with Crippen LogP contribution in [0.25, 0.3) is 0 Å². The summed E-state index contributed by atoms with van der Waals surface area (Å²) in [5, 5.41) is 15.2. The van der Waals surface area contributed by atoms with Crippen molar-refractivity contribution in [2.75, 3.05) is 13.2 Å². The Morgan fingerprint density at radius 2 is 1.94 bits per heavy atom. The number of rotatable bonds is 9. The van der Waals surface area contributed by atoms with Gasteiger partial charge in [0, 0.05) is 12.1 Å². The van der Waals surface area contributed by atoms with Gasteiger partial charge in [-0.3, -0.25) is 4.79 Å². The molecule has 0 rings (SSSR count). The van der Waals surface area contributed by atoms with Gasteiger partial charge in [-0.15, -0.1) is 0 Å². The second-order valence-corrected chi connectivity index (χ2v) is 5.64. The molecule has 2 atom stereocenters. The molecule has 0 spiro atoms. The van der Waals surface area contributed by atoms with Gasteiger partial charge in [0.15, 0.2) is 0 Å². The lowest BCUT2D eigenvalue weighted by Crippen LogP contribution is -2.51. The van der Waals surface area contributed by atoms with E-state index in [2.05, 4.69) is 24.5 Å². The fourth-order valence-corrected chi connectivity index (χ4v) is 1.60. The van der Waals surface area contributed by atoms with Crippen molar-refractivity contribution in [2.45, 2.75) is 65.5 Å². The maximum absolute atomic E-state index is 12.0. The minimum Gasteiger partial charge on any atom is -0.396 e. The first-order valence-electron chi connectivity index (χ1n) is 7.02. The first-order chi connectivity index (χ1) is 8.36. The van der Waals surface area contributed by atoms with Crippen LogP contribution in [0, 0.1) is 5.92 Å². The number of aliphatic hydroxyl groups excluding tert-OH is 1. The molecule has 0 aliphatic heterocycles. The molecule has 1 amide bonds. The van der Waals surface area contributed by atoms with Crippen molar-refractivity contribution in [3.8, 4) is 0 Å². The first-order valence-corrected chi connectivity index (χ1v) is 7.02. The molecule has 0 aliphatic carbocycles. The van der Waals surface area contributed by atoms with Gasteiger partial charge in [0.25, 0.3) is 0 Å². The molecule has 0 fully saturated rings. The van der Waals surface area contributed by atoms with E-state index in [4.69, 9.17) is 5.11 Å². The molecule has 0 saturated carbocycles. The summed E-state index contributed by atoms with van der Waals surface area (Å²) >= 11 is 0. The van der Waals surface area contributed by atoms with Crippen molar-refractivity contribution in [3.05, 3.63) is 0 Å². The minimum atomic E-state index is -0.191. The van der Waals surface area contributed by atoms with Crippen LogP contribution in [-0.2, 0) is 4.79 Å². The van der Waals surface area contributed by atoms with Crippen LogP contribution >= 0.6 is 0 Å². The van der Waals surface area contributed by atoms with Crippen molar-refractivity contribution in [2.24, 2.45) is 5.92 Å². The van der Waals surface area contributed by atoms with Gasteiger partial charge in [0.2, 0.25) is 5.91 Å². The summed E-state index contributed by atoms with van der Waals surface area (Å²) in [6.45, 7) is 11.1. The predicted molar refractivity (Wildman–Crippen MR) is 75.5 cm³/mol. The molecule has 0 aromatic carbocycles. The Kier molecular flexibility index (Phi) is 8.20. The number of aliphatic hydroxyl groups is 1. The molecule has 18 heavy (non-hydrogen) atoms. The van der Waals surface area contributed by atoms with Crippen LogP contribution in [0.4, 0.5) is 0 Å². The highest BCUT2D eigenvalue weighted by molar-refractivity contribution is 5.81. The van der Waals surface area contributed by atoms with Crippen LogP contribution < -0.4 is 10.6 Å². The lowest BCUT2D eigenvalue weighted by molar-refractivity contribution is -0.124. The van der Waals surface area contributed by atoms with Crippen LogP contribution in [0.1, 0.15) is 53.9 Å². The molecule has 0 radical (unpaired) electrons. The molecule has 0 saturated heterocycles. The zero-order chi connectivity index (χ0) is 14.2. The number of hydrogen-bond donors (Lipinski definition) is 3. The zero-order valence-corrected chi connectivity index (χ0v) is 12.5. The maximum Gasteiger partial charge on any atom is 0.237 e. The quantitative estimate of drug-likeness (QED) is 0.589. The highest BCUT2D eigenvalue weighted by atomic mass is 16.3. The van der Waals surface area contributed by atoms with Gasteiger partial charge < -0.3 is 15.7 Å². The second kappa shape index (κ2) is 8.48. The van der Waals surface area contributed by atoms with E-state index in [0.29, 0.717) is 5.92 Å². The van der Waals surface area contributed by atoms with Crippen molar-refractivity contribution in [3.63, 3.8) is 0 Å². The van der Waals surface area contributed by atoms with Gasteiger partial charge in [0.1, 0.15) is 0 Å². The topological polar surface area (TPSA) is 61.4 Å². The summed E-state index contributed by atoms with van der Waals surface area (Å²) in [7, 11) is 0. The van der Waals surface area contributed by atoms with Crippen LogP contribution in [0.5, 0.6) is 0 Å². The standard InChI is InChI=1S/C14H30N2O2/c1-6-12(8-9-17)10-15-11(3)13(18)16-14(4,5)7-2/h11-12,15,17H,6-10H2,1-5H3,(H,16,18). The maximum atomic E-state index is 12.0. The van der Waals surface area contributed by atoms with Gasteiger partial charge in [0.05, 0.1) is 6.04 Å². The first kappa shape index (κ1) is 17.4. The SMILES string of the molecule is CCC(CCO)CNC(C)C(=O)NC(C)(C)CC. The lowest BCUT2D eigenvalue weighted by atomic mass is 10.0. The van der Waals surface area contributed by atoms with Crippen LogP contribution in [0.3, 0.4) is 0 Å². The Morgan fingerprint density at radius 1 is 1.33 bits per heavy atom. The molecule has 4 heteroatoms. The Morgan fingerprint density at radius 3 is 2.39 bits per heavy atom. The van der Waals surface area contributed by atoms with E-state index < -0.39 is 0 Å². The fourth-order valence-electron chi connectivity index (χ4n) is 1.60. The summed E-state index contributed by atoms with van der Waals surface area (Å²) in [5.74, 6) is 0.477. The fraction of sp³-hybridized carbons (Fsp3) is 0.929. The minimum absolute atomic E-state index is 0.0423. The van der Waals surface area contributed by atoms with Crippen LogP contribution in [0.15, 0.2) is 0 Å².